The van der Waals surface area contributed by atoms with Gasteiger partial charge in [0.2, 0.25) is 0 Å². The number of hydrogen-bond acceptors (Lipinski definition) is 4. The van der Waals surface area contributed by atoms with Gasteiger partial charge >= 0.3 is 5.69 Å². The Morgan fingerprint density at radius 3 is 2.71 bits per heavy atom. The predicted molar refractivity (Wildman–Crippen MR) is 61.8 cm³/mol. The van der Waals surface area contributed by atoms with Crippen LogP contribution >= 0.6 is 0 Å². The Balaban J connectivity index is 2.33. The van der Waals surface area contributed by atoms with Crippen molar-refractivity contribution in [3.05, 3.63) is 40.6 Å². The van der Waals surface area contributed by atoms with Crippen LogP contribution in [-0.4, -0.2) is 21.7 Å². The van der Waals surface area contributed by atoms with Crippen LogP contribution in [0.3, 0.4) is 0 Å². The number of ether oxygens (including phenoxy) is 1. The van der Waals surface area contributed by atoms with Crippen molar-refractivity contribution in [2.75, 3.05) is 6.61 Å². The number of nitrogens with zero attached hydrogens (tertiary/aromatic N) is 2. The molecule has 0 aliphatic heterocycles. The summed E-state index contributed by atoms with van der Waals surface area (Å²) in [6.07, 6.45) is 1.20. The lowest BCUT2D eigenvalue weighted by molar-refractivity contribution is -0.384. The van der Waals surface area contributed by atoms with Crippen molar-refractivity contribution in [2.45, 2.75) is 6.92 Å². The van der Waals surface area contributed by atoms with Gasteiger partial charge in [-0.25, -0.2) is 0 Å². The third-order valence-electron chi connectivity index (χ3n) is 2.27. The summed E-state index contributed by atoms with van der Waals surface area (Å²) in [6.45, 7) is 2.48. The maximum Gasteiger partial charge on any atom is 0.314 e. The number of hydrogen-bond donors (Lipinski definition) is 1. The van der Waals surface area contributed by atoms with E-state index in [1.54, 1.807) is 24.3 Å². The van der Waals surface area contributed by atoms with Gasteiger partial charge < -0.3 is 4.74 Å². The topological polar surface area (TPSA) is 81.0 Å². The molecule has 6 heteroatoms. The Morgan fingerprint density at radius 1 is 1.41 bits per heavy atom. The van der Waals surface area contributed by atoms with E-state index in [1.807, 2.05) is 6.92 Å². The lowest BCUT2D eigenvalue weighted by atomic mass is 10.1. The maximum atomic E-state index is 10.7. The van der Waals surface area contributed by atoms with Gasteiger partial charge in [-0.05, 0) is 31.2 Å². The third kappa shape index (κ3) is 2.25. The molecule has 17 heavy (non-hydrogen) atoms. The number of rotatable bonds is 4. The Hall–Kier alpha value is -2.37. The Kier molecular flexibility index (Phi) is 3.04. The molecule has 1 N–H and O–H groups in total. The van der Waals surface area contributed by atoms with Gasteiger partial charge in [0.05, 0.1) is 11.5 Å². The number of benzene rings is 1. The molecule has 0 bridgehead atoms. The molecule has 0 unspecified atom stereocenters. The second-order valence-electron chi connectivity index (χ2n) is 3.34. The minimum absolute atomic E-state index is 0.0332. The first kappa shape index (κ1) is 11.1. The smallest absolute Gasteiger partial charge is 0.314 e. The van der Waals surface area contributed by atoms with Crippen molar-refractivity contribution in [1.29, 1.82) is 0 Å². The number of nitro groups is 1. The van der Waals surface area contributed by atoms with Gasteiger partial charge in [0.15, 0.2) is 0 Å². The summed E-state index contributed by atoms with van der Waals surface area (Å²) in [7, 11) is 0. The number of nitrogens with one attached hydrogen (secondary N) is 1. The van der Waals surface area contributed by atoms with Crippen LogP contribution < -0.4 is 4.74 Å². The molecule has 0 aliphatic rings. The fourth-order valence-corrected chi connectivity index (χ4v) is 1.52. The van der Waals surface area contributed by atoms with Crippen LogP contribution in [0.4, 0.5) is 5.69 Å². The minimum Gasteiger partial charge on any atom is -0.494 e. The van der Waals surface area contributed by atoms with Crippen LogP contribution in [0.15, 0.2) is 30.5 Å². The zero-order chi connectivity index (χ0) is 12.3. The Morgan fingerprint density at radius 2 is 2.12 bits per heavy atom. The van der Waals surface area contributed by atoms with E-state index >= 15 is 0 Å². The first-order valence-corrected chi connectivity index (χ1v) is 5.13. The molecule has 0 spiro atoms. The first-order valence-electron chi connectivity index (χ1n) is 5.13. The van der Waals surface area contributed by atoms with Crippen molar-refractivity contribution >= 4 is 5.69 Å². The van der Waals surface area contributed by atoms with Crippen LogP contribution in [0.5, 0.6) is 5.75 Å². The molecule has 0 amide bonds. The SMILES string of the molecule is CCOc1ccc(-c2[nH]ncc2[N+](=O)[O-])cc1. The van der Waals surface area contributed by atoms with Crippen molar-refractivity contribution in [3.63, 3.8) is 0 Å². The molecule has 1 aromatic carbocycles. The molecular weight excluding hydrogens is 222 g/mol. The molecule has 6 nitrogen and oxygen atoms in total. The van der Waals surface area contributed by atoms with Gasteiger partial charge in [0.1, 0.15) is 17.6 Å². The summed E-state index contributed by atoms with van der Waals surface area (Å²) < 4.78 is 5.30. The average Bonchev–Trinajstić information content (AvgIpc) is 2.79. The second kappa shape index (κ2) is 4.65. The predicted octanol–water partition coefficient (Wildman–Crippen LogP) is 2.38. The van der Waals surface area contributed by atoms with Gasteiger partial charge in [-0.2, -0.15) is 5.10 Å². The third-order valence-corrected chi connectivity index (χ3v) is 2.27. The molecule has 0 radical (unpaired) electrons. The fraction of sp³-hybridized carbons (Fsp3) is 0.182. The van der Waals surface area contributed by atoms with Crippen LogP contribution in [0.1, 0.15) is 6.92 Å². The van der Waals surface area contributed by atoms with Gasteiger partial charge in [0, 0.05) is 5.56 Å². The molecule has 2 rings (SSSR count). The monoisotopic (exact) mass is 233 g/mol. The molecular formula is C11H11N3O3. The molecule has 1 heterocycles. The summed E-state index contributed by atoms with van der Waals surface area (Å²) in [4.78, 5) is 10.3. The van der Waals surface area contributed by atoms with Gasteiger partial charge in [-0.15, -0.1) is 0 Å². The molecule has 2 aromatic rings. The molecule has 0 saturated carbocycles. The van der Waals surface area contributed by atoms with E-state index in [2.05, 4.69) is 10.2 Å². The van der Waals surface area contributed by atoms with E-state index in [1.165, 1.54) is 6.20 Å². The number of H-pyrrole nitrogens is 1. The van der Waals surface area contributed by atoms with Crippen molar-refractivity contribution in [1.82, 2.24) is 10.2 Å². The highest BCUT2D eigenvalue weighted by Gasteiger charge is 2.17. The molecule has 88 valence electrons. The normalized spacial score (nSPS) is 10.2. The number of aromatic amines is 1. The molecule has 0 saturated heterocycles. The standard InChI is InChI=1S/C11H11N3O3/c1-2-17-9-5-3-8(4-6-9)11-10(14(15)16)7-12-13-11/h3-7H,2H2,1H3,(H,12,13). The maximum absolute atomic E-state index is 10.7. The quantitative estimate of drug-likeness (QED) is 0.649. The van der Waals surface area contributed by atoms with E-state index in [9.17, 15) is 10.1 Å². The molecule has 1 aromatic heterocycles. The van der Waals surface area contributed by atoms with Crippen LogP contribution in [-0.2, 0) is 0 Å². The molecule has 0 atom stereocenters. The van der Waals surface area contributed by atoms with E-state index in [4.69, 9.17) is 4.74 Å². The highest BCUT2D eigenvalue weighted by atomic mass is 16.6. The second-order valence-corrected chi connectivity index (χ2v) is 3.34. The average molecular weight is 233 g/mol. The summed E-state index contributed by atoms with van der Waals surface area (Å²) in [5.74, 6) is 0.735. The van der Waals surface area contributed by atoms with E-state index in [-0.39, 0.29) is 5.69 Å². The first-order chi connectivity index (χ1) is 8.22. The van der Waals surface area contributed by atoms with E-state index in [0.29, 0.717) is 17.9 Å². The zero-order valence-corrected chi connectivity index (χ0v) is 9.21. The largest absolute Gasteiger partial charge is 0.494 e. The van der Waals surface area contributed by atoms with Gasteiger partial charge in [0.25, 0.3) is 0 Å². The highest BCUT2D eigenvalue weighted by Crippen LogP contribution is 2.28. The Labute approximate surface area is 97.4 Å². The lowest BCUT2D eigenvalue weighted by Gasteiger charge is -2.03. The molecule has 0 fully saturated rings. The Bertz CT molecular complexity index is 519. The highest BCUT2D eigenvalue weighted by molar-refractivity contribution is 5.69. The zero-order valence-electron chi connectivity index (χ0n) is 9.21. The van der Waals surface area contributed by atoms with E-state index in [0.717, 1.165) is 5.75 Å². The van der Waals surface area contributed by atoms with Crippen molar-refractivity contribution in [3.8, 4) is 17.0 Å². The van der Waals surface area contributed by atoms with Crippen molar-refractivity contribution in [2.24, 2.45) is 0 Å². The van der Waals surface area contributed by atoms with E-state index < -0.39 is 4.92 Å². The van der Waals surface area contributed by atoms with Crippen LogP contribution in [0.2, 0.25) is 0 Å². The summed E-state index contributed by atoms with van der Waals surface area (Å²) in [5.41, 5.74) is 1.07. The minimum atomic E-state index is -0.463. The van der Waals surface area contributed by atoms with Crippen LogP contribution in [0, 0.1) is 10.1 Å². The number of aromatic nitrogens is 2. The van der Waals surface area contributed by atoms with Crippen molar-refractivity contribution < 1.29 is 9.66 Å². The summed E-state index contributed by atoms with van der Waals surface area (Å²) >= 11 is 0. The molecule has 0 aliphatic carbocycles. The van der Waals surface area contributed by atoms with Gasteiger partial charge in [-0.3, -0.25) is 15.2 Å². The lowest BCUT2D eigenvalue weighted by Crippen LogP contribution is -1.92. The van der Waals surface area contributed by atoms with Gasteiger partial charge in [-0.1, -0.05) is 0 Å². The summed E-state index contributed by atoms with van der Waals surface area (Å²) in [6, 6.07) is 7.05. The van der Waals surface area contributed by atoms with Crippen LogP contribution in [0.25, 0.3) is 11.3 Å². The summed E-state index contributed by atoms with van der Waals surface area (Å²) in [5, 5.41) is 17.0. The fourth-order valence-electron chi connectivity index (χ4n) is 1.52.